The van der Waals surface area contributed by atoms with Gasteiger partial charge >= 0.3 is 5.97 Å². The van der Waals surface area contributed by atoms with Crippen LogP contribution >= 0.6 is 62.5 Å². The summed E-state index contributed by atoms with van der Waals surface area (Å²) in [6.45, 7) is 16.5. The van der Waals surface area contributed by atoms with Gasteiger partial charge in [-0.3, -0.25) is 4.79 Å². The summed E-state index contributed by atoms with van der Waals surface area (Å²) < 4.78 is 8.33. The normalized spacial score (nSPS) is 30.6. The lowest BCUT2D eigenvalue weighted by Gasteiger charge is -2.54. The summed E-state index contributed by atoms with van der Waals surface area (Å²) in [6.07, 6.45) is -0.363. The largest absolute Gasteiger partial charge is 0.426 e. The predicted molar refractivity (Wildman–Crippen MR) is 127 cm³/mol. The highest BCUT2D eigenvalue weighted by molar-refractivity contribution is 9.10. The van der Waals surface area contributed by atoms with Gasteiger partial charge in [0.05, 0.1) is 12.0 Å². The molecule has 0 aromatic heterocycles. The second kappa shape index (κ2) is 7.99. The van der Waals surface area contributed by atoms with Crippen molar-refractivity contribution in [3.8, 4) is 0 Å². The molecule has 2 saturated heterocycles. The van der Waals surface area contributed by atoms with Crippen molar-refractivity contribution < 1.29 is 18.8 Å². The molecule has 29 heavy (non-hydrogen) atoms. The lowest BCUT2D eigenvalue weighted by molar-refractivity contribution is -0.168. The molecule has 4 atom stereocenters. The topological polar surface area (TPSA) is 55.8 Å². The number of hydrogen-bond acceptors (Lipinski definition) is 5. The first-order valence-electron chi connectivity index (χ1n) is 9.36. The van der Waals surface area contributed by atoms with Crippen molar-refractivity contribution in [2.45, 2.75) is 90.8 Å². The fourth-order valence-electron chi connectivity index (χ4n) is 3.34. The molecule has 2 aliphatic heterocycles. The second-order valence-corrected chi connectivity index (χ2v) is 19.2. The molecule has 0 bridgehead atoms. The molecule has 0 N–H and O–H groups in total. The van der Waals surface area contributed by atoms with Crippen LogP contribution in [0, 0.1) is 0 Å². The number of rotatable bonds is 6. The van der Waals surface area contributed by atoms with Crippen LogP contribution in [-0.2, 0) is 18.8 Å². The van der Waals surface area contributed by atoms with Crippen LogP contribution in [0.3, 0.4) is 0 Å². The van der Waals surface area contributed by atoms with Crippen LogP contribution in [0.15, 0.2) is 0 Å². The third kappa shape index (κ3) is 4.51. The zero-order valence-corrected chi connectivity index (χ0v) is 23.6. The molecule has 2 fully saturated rings. The first-order chi connectivity index (χ1) is 12.8. The van der Waals surface area contributed by atoms with Crippen LogP contribution in [-0.4, -0.2) is 62.1 Å². The van der Waals surface area contributed by atoms with E-state index in [2.05, 4.69) is 49.8 Å². The van der Waals surface area contributed by atoms with Crippen molar-refractivity contribution in [1.29, 1.82) is 0 Å². The highest BCUT2D eigenvalue weighted by Gasteiger charge is 2.73. The molecule has 0 aliphatic carbocycles. The summed E-state index contributed by atoms with van der Waals surface area (Å²) >= 11 is 22.7. The lowest BCUT2D eigenvalue weighted by Crippen LogP contribution is -2.75. The van der Waals surface area contributed by atoms with E-state index in [1.165, 1.54) is 11.8 Å². The van der Waals surface area contributed by atoms with E-state index >= 15 is 0 Å². The Labute approximate surface area is 202 Å². The number of amides is 1. The van der Waals surface area contributed by atoms with Gasteiger partial charge in [-0.25, -0.2) is 4.79 Å². The van der Waals surface area contributed by atoms with Crippen LogP contribution < -0.4 is 0 Å². The van der Waals surface area contributed by atoms with Gasteiger partial charge in [0.2, 0.25) is 5.91 Å². The molecule has 0 aromatic carbocycles. The lowest BCUT2D eigenvalue weighted by atomic mass is 9.88. The fourth-order valence-corrected chi connectivity index (χ4v) is 7.65. The Morgan fingerprint density at radius 3 is 2.31 bits per heavy atom. The Balaban J connectivity index is 2.27. The first kappa shape index (κ1) is 26.1. The zero-order chi connectivity index (χ0) is 22.8. The Morgan fingerprint density at radius 2 is 1.86 bits per heavy atom. The predicted octanol–water partition coefficient (Wildman–Crippen LogP) is 5.51. The standard InChI is InChI=1S/C18H29BrCl3NO4SSi/c1-10(27-29(7,8)15(2,3)4)18(19)13(25)23-11(16(5,6)28-14(18)23)12(24)26-17(21,22)9-20/h10-11,14H,9H2,1-8H3/t10-,11+,14-,18+/m1/s1. The van der Waals surface area contributed by atoms with Crippen LogP contribution in [0.25, 0.3) is 0 Å². The maximum atomic E-state index is 13.3. The highest BCUT2D eigenvalue weighted by atomic mass is 79.9. The van der Waals surface area contributed by atoms with Crippen molar-refractivity contribution in [2.75, 3.05) is 5.88 Å². The molecule has 168 valence electrons. The molecule has 0 saturated carbocycles. The number of carbonyl (C=O) groups is 2. The van der Waals surface area contributed by atoms with Gasteiger partial charge in [0.15, 0.2) is 12.6 Å². The number of β-lactam (4-membered cyclic amide) rings is 1. The number of ether oxygens (including phenoxy) is 1. The van der Waals surface area contributed by atoms with Crippen molar-refractivity contribution in [3.63, 3.8) is 0 Å². The average molecular weight is 570 g/mol. The quantitative estimate of drug-likeness (QED) is 0.183. The molecule has 2 aliphatic rings. The number of thioether (sulfide) groups is 1. The molecule has 0 radical (unpaired) electrons. The third-order valence-electron chi connectivity index (χ3n) is 6.02. The van der Waals surface area contributed by atoms with E-state index in [9.17, 15) is 9.59 Å². The van der Waals surface area contributed by atoms with E-state index in [0.717, 1.165) is 0 Å². The molecule has 0 aromatic rings. The van der Waals surface area contributed by atoms with Crippen LogP contribution in [0.4, 0.5) is 0 Å². The molecule has 2 heterocycles. The summed E-state index contributed by atoms with van der Waals surface area (Å²) in [6, 6.07) is -0.823. The third-order valence-corrected chi connectivity index (χ3v) is 15.0. The van der Waals surface area contributed by atoms with E-state index in [1.807, 2.05) is 20.8 Å². The number of halogens is 4. The minimum Gasteiger partial charge on any atom is -0.426 e. The van der Waals surface area contributed by atoms with Crippen LogP contribution in [0.1, 0.15) is 41.5 Å². The smallest absolute Gasteiger partial charge is 0.333 e. The molecular weight excluding hydrogens is 541 g/mol. The minimum atomic E-state index is -2.10. The summed E-state index contributed by atoms with van der Waals surface area (Å²) in [5.41, 5.74) is 0. The summed E-state index contributed by atoms with van der Waals surface area (Å²) in [5.74, 6) is -1.15. The summed E-state index contributed by atoms with van der Waals surface area (Å²) in [5, 5.41) is -0.268. The van der Waals surface area contributed by atoms with Gasteiger partial charge in [-0.05, 0) is 38.9 Å². The molecular formula is C18H29BrCl3NO4SSi. The summed E-state index contributed by atoms with van der Waals surface area (Å²) in [4.78, 5) is 27.6. The van der Waals surface area contributed by atoms with Crippen molar-refractivity contribution in [1.82, 2.24) is 4.90 Å². The van der Waals surface area contributed by atoms with Gasteiger partial charge in [-0.2, -0.15) is 0 Å². The zero-order valence-electron chi connectivity index (χ0n) is 17.9. The van der Waals surface area contributed by atoms with Crippen LogP contribution in [0.5, 0.6) is 0 Å². The summed E-state index contributed by atoms with van der Waals surface area (Å²) in [7, 11) is -2.10. The van der Waals surface area contributed by atoms with Gasteiger partial charge in [0.1, 0.15) is 11.4 Å². The molecule has 0 unspecified atom stereocenters. The van der Waals surface area contributed by atoms with Crippen molar-refractivity contribution in [3.05, 3.63) is 0 Å². The Hall–Kier alpha value is 0.817. The highest BCUT2D eigenvalue weighted by Crippen LogP contribution is 2.60. The second-order valence-electron chi connectivity index (χ2n) is 9.67. The van der Waals surface area contributed by atoms with Crippen LogP contribution in [0.2, 0.25) is 18.1 Å². The van der Waals surface area contributed by atoms with Crippen molar-refractivity contribution >= 4 is 82.7 Å². The number of fused-ring (bicyclic) bond motifs is 1. The number of nitrogens with zero attached hydrogens (tertiary/aromatic N) is 1. The Morgan fingerprint density at radius 1 is 1.34 bits per heavy atom. The molecule has 0 spiro atoms. The molecule has 11 heteroatoms. The monoisotopic (exact) mass is 567 g/mol. The Bertz CT molecular complexity index is 703. The van der Waals surface area contributed by atoms with E-state index in [0.29, 0.717) is 0 Å². The SMILES string of the molecule is C[C@@H](O[Si](C)(C)C(C)(C)C)[C@]1(Br)C(=O)N2[C@@H](C(=O)OC(Cl)(Cl)CCl)C(C)(C)S[C@@H]21. The van der Waals surface area contributed by atoms with E-state index < -0.39 is 33.9 Å². The van der Waals surface area contributed by atoms with E-state index in [4.69, 9.17) is 44.0 Å². The average Bonchev–Trinajstić information content (AvgIpc) is 2.81. The molecule has 1 amide bonds. The van der Waals surface area contributed by atoms with Gasteiger partial charge < -0.3 is 14.1 Å². The van der Waals surface area contributed by atoms with E-state index in [1.54, 1.807) is 4.90 Å². The number of esters is 1. The number of hydrogen-bond donors (Lipinski definition) is 0. The maximum absolute atomic E-state index is 13.3. The van der Waals surface area contributed by atoms with Crippen molar-refractivity contribution in [2.24, 2.45) is 0 Å². The van der Waals surface area contributed by atoms with Gasteiger partial charge in [-0.15, -0.1) is 23.4 Å². The van der Waals surface area contributed by atoms with Gasteiger partial charge in [-0.1, -0.05) is 59.9 Å². The van der Waals surface area contributed by atoms with Gasteiger partial charge in [0.25, 0.3) is 4.52 Å². The number of alkyl halides is 4. The maximum Gasteiger partial charge on any atom is 0.333 e. The minimum absolute atomic E-state index is 0.0110. The Kier molecular flexibility index (Phi) is 7.19. The molecule has 2 rings (SSSR count). The number of carbonyl (C=O) groups excluding carboxylic acids is 2. The first-order valence-corrected chi connectivity index (χ1v) is 15.2. The van der Waals surface area contributed by atoms with Gasteiger partial charge in [0, 0.05) is 4.75 Å². The fraction of sp³-hybridized carbons (Fsp3) is 0.889. The van der Waals surface area contributed by atoms with E-state index in [-0.39, 0.29) is 28.3 Å². The molecule has 5 nitrogen and oxygen atoms in total.